The van der Waals surface area contributed by atoms with Crippen molar-refractivity contribution in [2.75, 3.05) is 13.6 Å². The Morgan fingerprint density at radius 3 is 2.13 bits per heavy atom. The summed E-state index contributed by atoms with van der Waals surface area (Å²) in [5, 5.41) is 0. The van der Waals surface area contributed by atoms with Crippen LogP contribution in [0.15, 0.2) is 0 Å². The topological polar surface area (TPSA) is 29.3 Å². The molecule has 0 amide bonds. The summed E-state index contributed by atoms with van der Waals surface area (Å²) in [5.41, 5.74) is 6.09. The predicted octanol–water partition coefficient (Wildman–Crippen LogP) is 2.87. The quantitative estimate of drug-likeness (QED) is 0.706. The second-order valence-corrected chi connectivity index (χ2v) is 5.54. The summed E-state index contributed by atoms with van der Waals surface area (Å²) in [6, 6.07) is 0.616. The van der Waals surface area contributed by atoms with Gasteiger partial charge in [0.25, 0.3) is 0 Å². The summed E-state index contributed by atoms with van der Waals surface area (Å²) in [5.74, 6) is 0.756. The van der Waals surface area contributed by atoms with Gasteiger partial charge in [0, 0.05) is 18.1 Å². The first-order chi connectivity index (χ1) is 6.87. The van der Waals surface area contributed by atoms with E-state index in [0.29, 0.717) is 6.04 Å². The maximum absolute atomic E-state index is 5.92. The van der Waals surface area contributed by atoms with Gasteiger partial charge in [-0.25, -0.2) is 0 Å². The molecule has 0 bridgehead atoms. The van der Waals surface area contributed by atoms with Gasteiger partial charge in [-0.2, -0.15) is 0 Å². The van der Waals surface area contributed by atoms with Crippen molar-refractivity contribution in [2.24, 2.45) is 11.7 Å². The van der Waals surface area contributed by atoms with Gasteiger partial charge in [-0.15, -0.1) is 0 Å². The molecule has 15 heavy (non-hydrogen) atoms. The standard InChI is InChI=1S/C13H30N2/c1-7-8-13(5,10-14)15(6)12(4)9-11(2)3/h11-12H,7-10,14H2,1-6H3. The van der Waals surface area contributed by atoms with E-state index in [1.807, 2.05) is 0 Å². The first-order valence-electron chi connectivity index (χ1n) is 6.30. The maximum Gasteiger partial charge on any atom is 0.0303 e. The highest BCUT2D eigenvalue weighted by Gasteiger charge is 2.29. The fraction of sp³-hybridized carbons (Fsp3) is 1.00. The molecule has 2 nitrogen and oxygen atoms in total. The molecule has 0 aromatic rings. The molecule has 0 aliphatic carbocycles. The highest BCUT2D eigenvalue weighted by Crippen LogP contribution is 2.23. The highest BCUT2D eigenvalue weighted by molar-refractivity contribution is 4.88. The van der Waals surface area contributed by atoms with Crippen LogP contribution in [0.4, 0.5) is 0 Å². The molecule has 0 aromatic heterocycles. The van der Waals surface area contributed by atoms with Crippen LogP contribution in [0.5, 0.6) is 0 Å². The molecular formula is C13H30N2. The Bertz CT molecular complexity index is 168. The van der Waals surface area contributed by atoms with Gasteiger partial charge >= 0.3 is 0 Å². The van der Waals surface area contributed by atoms with Crippen LogP contribution >= 0.6 is 0 Å². The van der Waals surface area contributed by atoms with Gasteiger partial charge < -0.3 is 5.73 Å². The van der Waals surface area contributed by atoms with Crippen LogP contribution < -0.4 is 5.73 Å². The van der Waals surface area contributed by atoms with E-state index in [1.165, 1.54) is 19.3 Å². The largest absolute Gasteiger partial charge is 0.329 e. The molecule has 0 fully saturated rings. The van der Waals surface area contributed by atoms with Crippen LogP contribution in [-0.4, -0.2) is 30.1 Å². The minimum Gasteiger partial charge on any atom is -0.329 e. The minimum atomic E-state index is 0.170. The maximum atomic E-state index is 5.92. The molecule has 2 N–H and O–H groups in total. The normalized spacial score (nSPS) is 18.2. The van der Waals surface area contributed by atoms with Crippen LogP contribution in [0.1, 0.15) is 53.9 Å². The minimum absolute atomic E-state index is 0.170. The lowest BCUT2D eigenvalue weighted by molar-refractivity contribution is 0.0807. The Balaban J connectivity index is 4.42. The number of hydrogen-bond donors (Lipinski definition) is 1. The Morgan fingerprint density at radius 1 is 1.27 bits per heavy atom. The van der Waals surface area contributed by atoms with Crippen molar-refractivity contribution in [1.29, 1.82) is 0 Å². The molecule has 92 valence electrons. The molecule has 2 atom stereocenters. The summed E-state index contributed by atoms with van der Waals surface area (Å²) in [6.07, 6.45) is 3.63. The summed E-state index contributed by atoms with van der Waals surface area (Å²) >= 11 is 0. The van der Waals surface area contributed by atoms with E-state index in [1.54, 1.807) is 0 Å². The molecule has 0 saturated carbocycles. The van der Waals surface area contributed by atoms with Crippen LogP contribution in [-0.2, 0) is 0 Å². The molecule has 0 heterocycles. The van der Waals surface area contributed by atoms with E-state index >= 15 is 0 Å². The van der Waals surface area contributed by atoms with E-state index in [2.05, 4.69) is 46.6 Å². The lowest BCUT2D eigenvalue weighted by Gasteiger charge is -2.42. The average molecular weight is 214 g/mol. The first kappa shape index (κ1) is 14.9. The van der Waals surface area contributed by atoms with E-state index < -0.39 is 0 Å². The lowest BCUT2D eigenvalue weighted by Crippen LogP contribution is -2.53. The van der Waals surface area contributed by atoms with Crippen molar-refractivity contribution in [3.8, 4) is 0 Å². The Hall–Kier alpha value is -0.0800. The molecule has 2 heteroatoms. The Kier molecular flexibility index (Phi) is 6.46. The lowest BCUT2D eigenvalue weighted by atomic mass is 9.91. The smallest absolute Gasteiger partial charge is 0.0303 e. The molecule has 0 spiro atoms. The van der Waals surface area contributed by atoms with Gasteiger partial charge in [0.05, 0.1) is 0 Å². The van der Waals surface area contributed by atoms with Crippen molar-refractivity contribution in [3.63, 3.8) is 0 Å². The van der Waals surface area contributed by atoms with Crippen LogP contribution in [0.3, 0.4) is 0 Å². The van der Waals surface area contributed by atoms with E-state index in [9.17, 15) is 0 Å². The third kappa shape index (κ3) is 4.52. The first-order valence-corrected chi connectivity index (χ1v) is 6.30. The number of nitrogens with two attached hydrogens (primary N) is 1. The van der Waals surface area contributed by atoms with Crippen molar-refractivity contribution in [1.82, 2.24) is 4.90 Å². The molecule has 2 unspecified atom stereocenters. The van der Waals surface area contributed by atoms with Crippen LogP contribution in [0.2, 0.25) is 0 Å². The zero-order chi connectivity index (χ0) is 12.1. The van der Waals surface area contributed by atoms with E-state index in [0.717, 1.165) is 12.5 Å². The van der Waals surface area contributed by atoms with Gasteiger partial charge in [0.1, 0.15) is 0 Å². The summed E-state index contributed by atoms with van der Waals surface area (Å²) < 4.78 is 0. The number of rotatable bonds is 7. The molecule has 0 rings (SSSR count). The van der Waals surface area contributed by atoms with Gasteiger partial charge in [-0.3, -0.25) is 4.90 Å². The van der Waals surface area contributed by atoms with Crippen molar-refractivity contribution in [3.05, 3.63) is 0 Å². The second-order valence-electron chi connectivity index (χ2n) is 5.54. The zero-order valence-corrected chi connectivity index (χ0v) is 11.5. The number of likely N-dealkylation sites (N-methyl/N-ethyl adjacent to an activating group) is 1. The molecule has 0 radical (unpaired) electrons. The van der Waals surface area contributed by atoms with Crippen LogP contribution in [0.25, 0.3) is 0 Å². The molecule has 0 aromatic carbocycles. The average Bonchev–Trinajstić information content (AvgIpc) is 2.15. The van der Waals surface area contributed by atoms with E-state index in [4.69, 9.17) is 5.73 Å². The van der Waals surface area contributed by atoms with Crippen LogP contribution in [0, 0.1) is 5.92 Å². The summed E-state index contributed by atoms with van der Waals surface area (Å²) in [4.78, 5) is 2.47. The van der Waals surface area contributed by atoms with Crippen molar-refractivity contribution < 1.29 is 0 Å². The second kappa shape index (κ2) is 6.49. The van der Waals surface area contributed by atoms with Gasteiger partial charge in [-0.1, -0.05) is 27.2 Å². The fourth-order valence-corrected chi connectivity index (χ4v) is 2.33. The monoisotopic (exact) mass is 214 g/mol. The third-order valence-corrected chi connectivity index (χ3v) is 3.55. The van der Waals surface area contributed by atoms with E-state index in [-0.39, 0.29) is 5.54 Å². The van der Waals surface area contributed by atoms with Gasteiger partial charge in [-0.05, 0) is 39.7 Å². The van der Waals surface area contributed by atoms with Crippen molar-refractivity contribution >= 4 is 0 Å². The van der Waals surface area contributed by atoms with Gasteiger partial charge in [0.15, 0.2) is 0 Å². The SMILES string of the molecule is CCCC(C)(CN)N(C)C(C)CC(C)C. The molecule has 0 aliphatic rings. The highest BCUT2D eigenvalue weighted by atomic mass is 15.2. The number of nitrogens with zero attached hydrogens (tertiary/aromatic N) is 1. The summed E-state index contributed by atoms with van der Waals surface area (Å²) in [6.45, 7) is 12.1. The Morgan fingerprint density at radius 2 is 1.80 bits per heavy atom. The zero-order valence-electron chi connectivity index (χ0n) is 11.5. The predicted molar refractivity (Wildman–Crippen MR) is 69.0 cm³/mol. The van der Waals surface area contributed by atoms with Crippen molar-refractivity contribution in [2.45, 2.75) is 65.5 Å². The number of hydrogen-bond acceptors (Lipinski definition) is 2. The molecule has 0 aliphatic heterocycles. The summed E-state index contributed by atoms with van der Waals surface area (Å²) in [7, 11) is 2.22. The third-order valence-electron chi connectivity index (χ3n) is 3.55. The Labute approximate surface area is 96.2 Å². The molecule has 0 saturated heterocycles. The molecular weight excluding hydrogens is 184 g/mol. The van der Waals surface area contributed by atoms with Gasteiger partial charge in [0.2, 0.25) is 0 Å². The fourth-order valence-electron chi connectivity index (χ4n) is 2.33.